The van der Waals surface area contributed by atoms with Gasteiger partial charge >= 0.3 is 5.97 Å². The number of methoxy groups -OCH3 is 1. The van der Waals surface area contributed by atoms with Gasteiger partial charge in [-0.3, -0.25) is 4.79 Å². The Hall–Kier alpha value is -0.570. The van der Waals surface area contributed by atoms with Crippen LogP contribution < -0.4 is 0 Å². The summed E-state index contributed by atoms with van der Waals surface area (Å²) in [5, 5.41) is 0. The van der Waals surface area contributed by atoms with Crippen molar-refractivity contribution in [1.29, 1.82) is 0 Å². The summed E-state index contributed by atoms with van der Waals surface area (Å²) in [6, 6.07) is 0. The molecule has 126 valence electrons. The van der Waals surface area contributed by atoms with Crippen LogP contribution in [0.15, 0.2) is 0 Å². The first kappa shape index (κ1) is 20.4. The van der Waals surface area contributed by atoms with Crippen molar-refractivity contribution < 1.29 is 9.53 Å². The van der Waals surface area contributed by atoms with E-state index in [1.165, 1.54) is 71.3 Å². The minimum atomic E-state index is -0.0951. The number of hydrogen-bond donors (Lipinski definition) is 0. The SMILES string of the molecule is CCCCCCCCCCCCN(C)CCCC(=O)OC. The third-order valence-corrected chi connectivity index (χ3v) is 4.04. The second-order valence-electron chi connectivity index (χ2n) is 6.16. The van der Waals surface area contributed by atoms with Crippen LogP contribution in [0.1, 0.15) is 84.0 Å². The number of ether oxygens (including phenoxy) is 1. The molecular weight excluding hydrogens is 262 g/mol. The van der Waals surface area contributed by atoms with Crippen LogP contribution in [0.3, 0.4) is 0 Å². The lowest BCUT2D eigenvalue weighted by atomic mass is 10.1. The Kier molecular flexibility index (Phi) is 15.4. The molecule has 0 aromatic heterocycles. The largest absolute Gasteiger partial charge is 0.469 e. The molecule has 0 saturated carbocycles. The van der Waals surface area contributed by atoms with Crippen molar-refractivity contribution in [2.45, 2.75) is 84.0 Å². The Morgan fingerprint density at radius 2 is 1.29 bits per heavy atom. The molecule has 0 aromatic carbocycles. The van der Waals surface area contributed by atoms with Crippen LogP contribution in [0.25, 0.3) is 0 Å². The molecule has 0 atom stereocenters. The van der Waals surface area contributed by atoms with Gasteiger partial charge in [0.15, 0.2) is 0 Å². The van der Waals surface area contributed by atoms with Crippen LogP contribution in [0, 0.1) is 0 Å². The fourth-order valence-corrected chi connectivity index (χ4v) is 2.58. The average molecular weight is 299 g/mol. The molecule has 0 N–H and O–H groups in total. The van der Waals surface area contributed by atoms with Gasteiger partial charge in [0.2, 0.25) is 0 Å². The minimum Gasteiger partial charge on any atom is -0.469 e. The number of nitrogens with zero attached hydrogens (tertiary/aromatic N) is 1. The highest BCUT2D eigenvalue weighted by Crippen LogP contribution is 2.10. The molecule has 0 radical (unpaired) electrons. The van der Waals surface area contributed by atoms with E-state index in [9.17, 15) is 4.79 Å². The monoisotopic (exact) mass is 299 g/mol. The summed E-state index contributed by atoms with van der Waals surface area (Å²) < 4.78 is 4.64. The van der Waals surface area contributed by atoms with Crippen molar-refractivity contribution in [1.82, 2.24) is 4.90 Å². The van der Waals surface area contributed by atoms with Crippen LogP contribution in [-0.2, 0) is 9.53 Å². The first-order valence-electron chi connectivity index (χ1n) is 8.96. The quantitative estimate of drug-likeness (QED) is 0.321. The molecule has 0 spiro atoms. The van der Waals surface area contributed by atoms with E-state index in [-0.39, 0.29) is 5.97 Å². The summed E-state index contributed by atoms with van der Waals surface area (Å²) in [7, 11) is 3.60. The topological polar surface area (TPSA) is 29.5 Å². The van der Waals surface area contributed by atoms with Gasteiger partial charge in [0.25, 0.3) is 0 Å². The first-order chi connectivity index (χ1) is 10.2. The lowest BCUT2D eigenvalue weighted by Crippen LogP contribution is -2.21. The van der Waals surface area contributed by atoms with Crippen LogP contribution in [0.5, 0.6) is 0 Å². The van der Waals surface area contributed by atoms with Crippen LogP contribution in [0.4, 0.5) is 0 Å². The predicted molar refractivity (Wildman–Crippen MR) is 90.6 cm³/mol. The fraction of sp³-hybridized carbons (Fsp3) is 0.944. The zero-order valence-corrected chi connectivity index (χ0v) is 14.7. The highest BCUT2D eigenvalue weighted by atomic mass is 16.5. The molecular formula is C18H37NO2. The Balaban J connectivity index is 3.17. The summed E-state index contributed by atoms with van der Waals surface area (Å²) >= 11 is 0. The van der Waals surface area contributed by atoms with Gasteiger partial charge in [-0.05, 0) is 33.0 Å². The van der Waals surface area contributed by atoms with Crippen molar-refractivity contribution in [3.8, 4) is 0 Å². The van der Waals surface area contributed by atoms with E-state index in [0.717, 1.165) is 19.5 Å². The molecule has 0 saturated heterocycles. The van der Waals surface area contributed by atoms with Gasteiger partial charge in [-0.1, -0.05) is 64.7 Å². The van der Waals surface area contributed by atoms with Crippen molar-refractivity contribution in [3.05, 3.63) is 0 Å². The number of unbranched alkanes of at least 4 members (excludes halogenated alkanes) is 9. The van der Waals surface area contributed by atoms with Gasteiger partial charge in [0.1, 0.15) is 0 Å². The second kappa shape index (κ2) is 15.8. The molecule has 0 bridgehead atoms. The lowest BCUT2D eigenvalue weighted by Gasteiger charge is -2.15. The molecule has 21 heavy (non-hydrogen) atoms. The molecule has 0 aromatic rings. The van der Waals surface area contributed by atoms with Gasteiger partial charge in [-0.25, -0.2) is 0 Å². The summed E-state index contributed by atoms with van der Waals surface area (Å²) in [5.41, 5.74) is 0. The molecule has 3 nitrogen and oxygen atoms in total. The first-order valence-corrected chi connectivity index (χ1v) is 8.96. The van der Waals surface area contributed by atoms with Crippen molar-refractivity contribution in [2.24, 2.45) is 0 Å². The summed E-state index contributed by atoms with van der Waals surface area (Å²) in [5.74, 6) is -0.0951. The molecule has 0 amide bonds. The zero-order chi connectivity index (χ0) is 15.8. The molecule has 3 heteroatoms. The summed E-state index contributed by atoms with van der Waals surface area (Å²) in [4.78, 5) is 13.3. The Labute approximate surface area is 132 Å². The Bertz CT molecular complexity index is 231. The smallest absolute Gasteiger partial charge is 0.305 e. The van der Waals surface area contributed by atoms with Gasteiger partial charge in [-0.2, -0.15) is 0 Å². The van der Waals surface area contributed by atoms with Gasteiger partial charge in [0.05, 0.1) is 7.11 Å². The van der Waals surface area contributed by atoms with Crippen LogP contribution >= 0.6 is 0 Å². The van der Waals surface area contributed by atoms with E-state index >= 15 is 0 Å². The van der Waals surface area contributed by atoms with Gasteiger partial charge in [0, 0.05) is 6.42 Å². The minimum absolute atomic E-state index is 0.0951. The fourth-order valence-electron chi connectivity index (χ4n) is 2.58. The van der Waals surface area contributed by atoms with E-state index in [0.29, 0.717) is 6.42 Å². The standard InChI is InChI=1S/C18H37NO2/c1-4-5-6-7-8-9-10-11-12-13-16-19(2)17-14-15-18(20)21-3/h4-17H2,1-3H3. The molecule has 0 heterocycles. The average Bonchev–Trinajstić information content (AvgIpc) is 2.49. The number of carbonyl (C=O) groups excluding carboxylic acids is 1. The third kappa shape index (κ3) is 15.6. The molecule has 0 aliphatic carbocycles. The van der Waals surface area contributed by atoms with Gasteiger partial charge < -0.3 is 9.64 Å². The third-order valence-electron chi connectivity index (χ3n) is 4.04. The number of hydrogen-bond acceptors (Lipinski definition) is 3. The number of carbonyl (C=O) groups is 1. The molecule has 0 aliphatic heterocycles. The summed E-state index contributed by atoms with van der Waals surface area (Å²) in [6.45, 7) is 4.41. The second-order valence-corrected chi connectivity index (χ2v) is 6.16. The number of esters is 1. The molecule has 0 unspecified atom stereocenters. The van der Waals surface area contributed by atoms with Crippen LogP contribution in [-0.4, -0.2) is 38.1 Å². The highest BCUT2D eigenvalue weighted by Gasteiger charge is 2.02. The predicted octanol–water partition coefficient (Wildman–Crippen LogP) is 4.79. The highest BCUT2D eigenvalue weighted by molar-refractivity contribution is 5.69. The maximum Gasteiger partial charge on any atom is 0.305 e. The summed E-state index contributed by atoms with van der Waals surface area (Å²) in [6.07, 6.45) is 15.3. The zero-order valence-electron chi connectivity index (χ0n) is 14.7. The van der Waals surface area contributed by atoms with E-state index in [1.807, 2.05) is 0 Å². The number of rotatable bonds is 15. The van der Waals surface area contributed by atoms with E-state index in [1.54, 1.807) is 0 Å². The Morgan fingerprint density at radius 1 is 0.810 bits per heavy atom. The maximum atomic E-state index is 11.0. The van der Waals surface area contributed by atoms with E-state index < -0.39 is 0 Å². The van der Waals surface area contributed by atoms with Crippen molar-refractivity contribution in [2.75, 3.05) is 27.2 Å². The van der Waals surface area contributed by atoms with E-state index in [2.05, 4.69) is 23.6 Å². The molecule has 0 rings (SSSR count). The Morgan fingerprint density at radius 3 is 1.81 bits per heavy atom. The molecule has 0 fully saturated rings. The maximum absolute atomic E-state index is 11.0. The normalized spacial score (nSPS) is 11.0. The van der Waals surface area contributed by atoms with Gasteiger partial charge in [-0.15, -0.1) is 0 Å². The lowest BCUT2D eigenvalue weighted by molar-refractivity contribution is -0.140. The van der Waals surface area contributed by atoms with E-state index in [4.69, 9.17) is 0 Å². The van der Waals surface area contributed by atoms with Crippen molar-refractivity contribution >= 4 is 5.97 Å². The van der Waals surface area contributed by atoms with Crippen molar-refractivity contribution in [3.63, 3.8) is 0 Å². The molecule has 0 aliphatic rings. The van der Waals surface area contributed by atoms with Crippen LogP contribution in [0.2, 0.25) is 0 Å².